The number of alkyl halides is 2. The molecular weight excluding hydrogens is 324 g/mol. The van der Waals surface area contributed by atoms with Gasteiger partial charge in [-0.1, -0.05) is 6.92 Å². The molecule has 6 heteroatoms. The van der Waals surface area contributed by atoms with E-state index in [4.69, 9.17) is 10.5 Å². The van der Waals surface area contributed by atoms with Gasteiger partial charge < -0.3 is 10.5 Å². The molecule has 0 fully saturated rings. The molecule has 0 saturated heterocycles. The molecule has 2 rings (SSSR count). The highest BCUT2D eigenvalue weighted by molar-refractivity contribution is 5.61. The fourth-order valence-electron chi connectivity index (χ4n) is 2.80. The fourth-order valence-corrected chi connectivity index (χ4v) is 2.80. The summed E-state index contributed by atoms with van der Waals surface area (Å²) in [5, 5.41) is 0. The second-order valence-electron chi connectivity index (χ2n) is 7.20. The van der Waals surface area contributed by atoms with Crippen LogP contribution in [0.1, 0.15) is 44.9 Å². The minimum atomic E-state index is -2.64. The summed E-state index contributed by atoms with van der Waals surface area (Å²) >= 11 is 0. The highest BCUT2D eigenvalue weighted by Gasteiger charge is 2.20. The second-order valence-corrected chi connectivity index (χ2v) is 7.20. The van der Waals surface area contributed by atoms with Gasteiger partial charge in [0, 0.05) is 23.0 Å². The molecule has 0 spiro atoms. The molecule has 0 bridgehead atoms. The fraction of sp³-hybridized carbons (Fsp3) is 0.474. The Hall–Kier alpha value is -2.08. The second kappa shape index (κ2) is 7.87. The van der Waals surface area contributed by atoms with E-state index in [0.29, 0.717) is 12.3 Å². The maximum atomic E-state index is 13.5. The number of halogens is 2. The maximum Gasteiger partial charge on any atom is 0.267 e. The van der Waals surface area contributed by atoms with E-state index in [1.165, 1.54) is 12.3 Å². The Morgan fingerprint density at radius 3 is 2.56 bits per heavy atom. The van der Waals surface area contributed by atoms with E-state index in [1.54, 1.807) is 12.3 Å². The van der Waals surface area contributed by atoms with Crippen LogP contribution < -0.4 is 10.5 Å². The Kier molecular flexibility index (Phi) is 6.06. The van der Waals surface area contributed by atoms with Crippen molar-refractivity contribution in [2.45, 2.75) is 46.1 Å². The maximum absolute atomic E-state index is 13.5. The van der Waals surface area contributed by atoms with E-state index in [-0.39, 0.29) is 22.8 Å². The zero-order valence-electron chi connectivity index (χ0n) is 15.1. The summed E-state index contributed by atoms with van der Waals surface area (Å²) in [5.74, 6) is 0.263. The average Bonchev–Trinajstić information content (AvgIpc) is 2.51. The Morgan fingerprint density at radius 1 is 1.24 bits per heavy atom. The Bertz CT molecular complexity index is 714. The van der Waals surface area contributed by atoms with E-state index < -0.39 is 6.43 Å². The standard InChI is InChI=1S/C19H25F2N3O/c1-12(9-19(3,4)22)11-25-17-10-24-16(8-15(17)18(20)21)14-5-6-23-13(2)7-14/h5-8,10,12,18H,9,11,22H2,1-4H3/t12-/m0/s1. The zero-order valence-corrected chi connectivity index (χ0v) is 15.1. The molecule has 1 atom stereocenters. The van der Waals surface area contributed by atoms with Crippen LogP contribution in [0.25, 0.3) is 11.3 Å². The summed E-state index contributed by atoms with van der Waals surface area (Å²) in [7, 11) is 0. The van der Waals surface area contributed by atoms with Gasteiger partial charge in [0.1, 0.15) is 5.75 Å². The number of rotatable bonds is 7. The molecule has 0 unspecified atom stereocenters. The molecule has 2 aromatic rings. The van der Waals surface area contributed by atoms with Gasteiger partial charge in [-0.3, -0.25) is 9.97 Å². The van der Waals surface area contributed by atoms with Crippen molar-refractivity contribution in [2.75, 3.05) is 6.61 Å². The molecule has 4 nitrogen and oxygen atoms in total. The van der Waals surface area contributed by atoms with Gasteiger partial charge >= 0.3 is 0 Å². The normalized spacial score (nSPS) is 13.1. The molecule has 0 aliphatic heterocycles. The van der Waals surface area contributed by atoms with Crippen LogP contribution in [0.5, 0.6) is 5.75 Å². The van der Waals surface area contributed by atoms with Gasteiger partial charge in [-0.15, -0.1) is 0 Å². The summed E-state index contributed by atoms with van der Waals surface area (Å²) in [5.41, 5.74) is 7.54. The molecule has 0 aliphatic rings. The first-order valence-corrected chi connectivity index (χ1v) is 8.28. The molecule has 2 heterocycles. The third kappa shape index (κ3) is 5.74. The zero-order chi connectivity index (χ0) is 18.6. The van der Waals surface area contributed by atoms with Crippen LogP contribution in [0, 0.1) is 12.8 Å². The monoisotopic (exact) mass is 349 g/mol. The third-order valence-electron chi connectivity index (χ3n) is 3.72. The summed E-state index contributed by atoms with van der Waals surface area (Å²) in [6.45, 7) is 8.01. The van der Waals surface area contributed by atoms with Crippen LogP contribution in [0.2, 0.25) is 0 Å². The van der Waals surface area contributed by atoms with Crippen LogP contribution in [0.4, 0.5) is 8.78 Å². The van der Waals surface area contributed by atoms with E-state index in [0.717, 1.165) is 17.7 Å². The summed E-state index contributed by atoms with van der Waals surface area (Å²) in [6.07, 6.45) is 1.10. The van der Waals surface area contributed by atoms with Crippen molar-refractivity contribution in [3.63, 3.8) is 0 Å². The Balaban J connectivity index is 2.19. The molecular formula is C19H25F2N3O. The predicted molar refractivity (Wildman–Crippen MR) is 94.7 cm³/mol. The Labute approximate surface area is 147 Å². The van der Waals surface area contributed by atoms with Crippen molar-refractivity contribution in [3.8, 4) is 17.0 Å². The number of nitrogens with two attached hydrogens (primary N) is 1. The first-order chi connectivity index (χ1) is 11.7. The average molecular weight is 349 g/mol. The van der Waals surface area contributed by atoms with Gasteiger partial charge in [-0.2, -0.15) is 0 Å². The van der Waals surface area contributed by atoms with E-state index in [2.05, 4.69) is 9.97 Å². The van der Waals surface area contributed by atoms with Crippen molar-refractivity contribution in [1.29, 1.82) is 0 Å². The summed E-state index contributed by atoms with van der Waals surface area (Å²) < 4.78 is 32.5. The number of ether oxygens (including phenoxy) is 1. The Morgan fingerprint density at radius 2 is 1.96 bits per heavy atom. The van der Waals surface area contributed by atoms with E-state index in [9.17, 15) is 8.78 Å². The number of aryl methyl sites for hydroxylation is 1. The van der Waals surface area contributed by atoms with Gasteiger partial charge in [-0.05, 0) is 51.3 Å². The molecule has 0 amide bonds. The van der Waals surface area contributed by atoms with E-state index in [1.807, 2.05) is 33.8 Å². The summed E-state index contributed by atoms with van der Waals surface area (Å²) in [6, 6.07) is 4.94. The molecule has 0 aliphatic carbocycles. The topological polar surface area (TPSA) is 61.0 Å². The lowest BCUT2D eigenvalue weighted by Gasteiger charge is -2.23. The number of hydrogen-bond donors (Lipinski definition) is 1. The van der Waals surface area contributed by atoms with Gasteiger partial charge in [0.05, 0.1) is 24.1 Å². The van der Waals surface area contributed by atoms with Crippen molar-refractivity contribution in [2.24, 2.45) is 11.7 Å². The smallest absolute Gasteiger partial charge is 0.267 e. The molecule has 2 aromatic heterocycles. The third-order valence-corrected chi connectivity index (χ3v) is 3.72. The SMILES string of the molecule is Cc1cc(-c2cc(C(F)F)c(OC[C@@H](C)CC(C)(C)N)cn2)ccn1. The van der Waals surface area contributed by atoms with E-state index >= 15 is 0 Å². The number of nitrogens with zero attached hydrogens (tertiary/aromatic N) is 2. The van der Waals surface area contributed by atoms with Crippen molar-refractivity contribution < 1.29 is 13.5 Å². The minimum absolute atomic E-state index is 0.117. The minimum Gasteiger partial charge on any atom is -0.491 e. The lowest BCUT2D eigenvalue weighted by Crippen LogP contribution is -2.35. The van der Waals surface area contributed by atoms with Crippen LogP contribution >= 0.6 is 0 Å². The number of aromatic nitrogens is 2. The van der Waals surface area contributed by atoms with Crippen molar-refractivity contribution in [3.05, 3.63) is 41.9 Å². The van der Waals surface area contributed by atoms with Crippen LogP contribution in [-0.4, -0.2) is 22.1 Å². The van der Waals surface area contributed by atoms with Crippen LogP contribution in [0.3, 0.4) is 0 Å². The molecule has 25 heavy (non-hydrogen) atoms. The first kappa shape index (κ1) is 19.2. The highest BCUT2D eigenvalue weighted by atomic mass is 19.3. The summed E-state index contributed by atoms with van der Waals surface area (Å²) in [4.78, 5) is 8.38. The predicted octanol–water partition coefficient (Wildman–Crippen LogP) is 4.53. The molecule has 0 aromatic carbocycles. The highest BCUT2D eigenvalue weighted by Crippen LogP contribution is 2.32. The van der Waals surface area contributed by atoms with Crippen LogP contribution in [-0.2, 0) is 0 Å². The molecule has 2 N–H and O–H groups in total. The first-order valence-electron chi connectivity index (χ1n) is 8.28. The van der Waals surface area contributed by atoms with Crippen LogP contribution in [0.15, 0.2) is 30.6 Å². The molecule has 136 valence electrons. The largest absolute Gasteiger partial charge is 0.491 e. The van der Waals surface area contributed by atoms with Crippen molar-refractivity contribution in [1.82, 2.24) is 9.97 Å². The number of pyridine rings is 2. The van der Waals surface area contributed by atoms with Gasteiger partial charge in [-0.25, -0.2) is 8.78 Å². The quantitative estimate of drug-likeness (QED) is 0.798. The van der Waals surface area contributed by atoms with Crippen molar-refractivity contribution >= 4 is 0 Å². The molecule has 0 saturated carbocycles. The lowest BCUT2D eigenvalue weighted by atomic mass is 9.93. The molecule has 0 radical (unpaired) electrons. The number of hydrogen-bond acceptors (Lipinski definition) is 4. The van der Waals surface area contributed by atoms with Gasteiger partial charge in [0.25, 0.3) is 6.43 Å². The van der Waals surface area contributed by atoms with Gasteiger partial charge in [0.15, 0.2) is 0 Å². The lowest BCUT2D eigenvalue weighted by molar-refractivity contribution is 0.142. The van der Waals surface area contributed by atoms with Gasteiger partial charge in [0.2, 0.25) is 0 Å².